The normalized spacial score (nSPS) is 35.9. The van der Waals surface area contributed by atoms with Crippen molar-refractivity contribution in [2.24, 2.45) is 5.73 Å². The van der Waals surface area contributed by atoms with Gasteiger partial charge in [0, 0.05) is 21.6 Å². The molecule has 1 fully saturated rings. The summed E-state index contributed by atoms with van der Waals surface area (Å²) in [4.78, 5) is 8.64. The first-order chi connectivity index (χ1) is 6.13. The third kappa shape index (κ3) is 3.52. The minimum atomic E-state index is -2.49. The van der Waals surface area contributed by atoms with E-state index in [0.717, 1.165) is 12.2 Å². The van der Waals surface area contributed by atoms with E-state index in [1.165, 1.54) is 0 Å². The van der Waals surface area contributed by atoms with Crippen molar-refractivity contribution in [1.29, 1.82) is 0 Å². The van der Waals surface area contributed by atoms with Crippen LogP contribution in [-0.2, 0) is 9.09 Å². The van der Waals surface area contributed by atoms with E-state index >= 15 is 0 Å². The molecule has 76 valence electrons. The van der Waals surface area contributed by atoms with Gasteiger partial charge < -0.3 is 5.73 Å². The van der Waals surface area contributed by atoms with Gasteiger partial charge in [0.05, 0.1) is 0 Å². The maximum absolute atomic E-state index is 10.5. The van der Waals surface area contributed by atoms with Crippen LogP contribution in [0.1, 0.15) is 19.8 Å². The predicted octanol–water partition coefficient (Wildman–Crippen LogP) is 1.26. The Morgan fingerprint density at radius 3 is 3.00 bits per heavy atom. The molecule has 0 bridgehead atoms. The average Bonchev–Trinajstić information content (AvgIpc) is 2.03. The molecule has 0 aromatic carbocycles. The molecule has 0 radical (unpaired) electrons. The maximum atomic E-state index is 10.5. The molecule has 4 nitrogen and oxygen atoms in total. The Balaban J connectivity index is 2.49. The van der Waals surface area contributed by atoms with Crippen LogP contribution in [0, 0.1) is 0 Å². The van der Waals surface area contributed by atoms with Gasteiger partial charge in [-0.1, -0.05) is 6.92 Å². The maximum Gasteiger partial charge on any atom is 0.695 e. The fourth-order valence-electron chi connectivity index (χ4n) is 1.48. The summed E-state index contributed by atoms with van der Waals surface area (Å²) in [5.74, 6) is 0.917. The fraction of sp³-hybridized carbons (Fsp3) is 1.00. The lowest BCUT2D eigenvalue weighted by Gasteiger charge is -2.29. The number of nitrogens with two attached hydrogens (primary N) is 1. The Bertz CT molecular complexity index is 193. The molecule has 0 saturated carbocycles. The summed E-state index contributed by atoms with van der Waals surface area (Å²) in [5, 5.41) is 0.311. The molecule has 1 saturated heterocycles. The zero-order chi connectivity index (χ0) is 9.84. The van der Waals surface area contributed by atoms with E-state index in [0.29, 0.717) is 11.7 Å². The molecule has 0 aliphatic carbocycles. The van der Waals surface area contributed by atoms with Gasteiger partial charge in [-0.05, 0) is 12.8 Å². The van der Waals surface area contributed by atoms with Crippen LogP contribution < -0.4 is 5.73 Å². The lowest BCUT2D eigenvalue weighted by atomic mass is 10.1. The summed E-state index contributed by atoms with van der Waals surface area (Å²) < 4.78 is 15.4. The van der Waals surface area contributed by atoms with E-state index in [-0.39, 0.29) is 12.1 Å². The fourth-order valence-corrected chi connectivity index (χ4v) is 3.27. The van der Waals surface area contributed by atoms with Crippen molar-refractivity contribution in [3.63, 3.8) is 0 Å². The van der Waals surface area contributed by atoms with Gasteiger partial charge in [-0.25, -0.2) is 0 Å². The summed E-state index contributed by atoms with van der Waals surface area (Å²) in [7, 11) is -2.49. The predicted molar refractivity (Wildman–Crippen MR) is 53.8 cm³/mol. The minimum absolute atomic E-state index is 0.0905. The van der Waals surface area contributed by atoms with E-state index in [2.05, 4.69) is 6.92 Å². The van der Waals surface area contributed by atoms with Crippen LogP contribution in [0.3, 0.4) is 0 Å². The molecule has 0 spiro atoms. The summed E-state index contributed by atoms with van der Waals surface area (Å²) in [5.41, 5.74) is 5.74. The van der Waals surface area contributed by atoms with E-state index in [9.17, 15) is 4.57 Å². The molecule has 0 amide bonds. The van der Waals surface area contributed by atoms with Gasteiger partial charge in [0.15, 0.2) is 0 Å². The van der Waals surface area contributed by atoms with E-state index < -0.39 is 8.25 Å². The first kappa shape index (κ1) is 11.4. The molecule has 13 heavy (non-hydrogen) atoms. The molecule has 1 aliphatic heterocycles. The molecule has 4 atom stereocenters. The van der Waals surface area contributed by atoms with Crippen molar-refractivity contribution in [2.45, 2.75) is 37.2 Å². The van der Waals surface area contributed by atoms with Crippen LogP contribution in [0.2, 0.25) is 0 Å². The molecule has 3 N–H and O–H groups in total. The zero-order valence-corrected chi connectivity index (χ0v) is 9.26. The highest BCUT2D eigenvalue weighted by Gasteiger charge is 2.35. The van der Waals surface area contributed by atoms with Gasteiger partial charge in [-0.2, -0.15) is 11.8 Å². The summed E-state index contributed by atoms with van der Waals surface area (Å²) in [6.07, 6.45) is 1.48. The highest BCUT2D eigenvalue weighted by molar-refractivity contribution is 8.00. The van der Waals surface area contributed by atoms with Gasteiger partial charge in [-0.3, -0.25) is 0 Å². The molecule has 6 heteroatoms. The Kier molecular flexibility index (Phi) is 4.62. The Morgan fingerprint density at radius 1 is 1.77 bits per heavy atom. The van der Waals surface area contributed by atoms with E-state index in [1.54, 1.807) is 11.8 Å². The van der Waals surface area contributed by atoms with E-state index in [4.69, 9.17) is 15.2 Å². The smallest absolute Gasteiger partial charge is 0.327 e. The second-order valence-electron chi connectivity index (χ2n) is 3.16. The first-order valence-electron chi connectivity index (χ1n) is 4.33. The standard InChI is InChI=1S/C7H14NO3PS/c1-2-7-6(11-12(9)10)3-5(8)4-13-7/h5-7H,2-4,8H2,1H3/p+1. The molecular formula is C7H15NO3PS+. The molecule has 0 aromatic rings. The second kappa shape index (κ2) is 5.27. The summed E-state index contributed by atoms with van der Waals surface area (Å²) in [6.45, 7) is 2.05. The number of hydrogen-bond donors (Lipinski definition) is 2. The van der Waals surface area contributed by atoms with E-state index in [1.807, 2.05) is 0 Å². The van der Waals surface area contributed by atoms with Crippen LogP contribution in [0.25, 0.3) is 0 Å². The number of hydrogen-bond acceptors (Lipinski definition) is 4. The van der Waals surface area contributed by atoms with Crippen LogP contribution >= 0.6 is 20.0 Å². The zero-order valence-electron chi connectivity index (χ0n) is 7.55. The largest absolute Gasteiger partial charge is 0.695 e. The number of thioether (sulfide) groups is 1. The van der Waals surface area contributed by atoms with Gasteiger partial charge in [0.25, 0.3) is 0 Å². The highest BCUT2D eigenvalue weighted by Crippen LogP contribution is 2.34. The Labute approximate surface area is 83.2 Å². The molecule has 1 rings (SSSR count). The van der Waals surface area contributed by atoms with Gasteiger partial charge in [0.2, 0.25) is 0 Å². The molecule has 4 unspecified atom stereocenters. The van der Waals surface area contributed by atoms with Gasteiger partial charge in [-0.15, -0.1) is 9.42 Å². The molecular weight excluding hydrogens is 209 g/mol. The average molecular weight is 224 g/mol. The van der Waals surface area contributed by atoms with Crippen molar-refractivity contribution in [3.8, 4) is 0 Å². The van der Waals surface area contributed by atoms with Crippen molar-refractivity contribution < 1.29 is 14.0 Å². The lowest BCUT2D eigenvalue weighted by molar-refractivity contribution is 0.164. The van der Waals surface area contributed by atoms with Crippen LogP contribution in [-0.4, -0.2) is 28.0 Å². The Hall–Kier alpha value is 0.330. The first-order valence-corrected chi connectivity index (χ1v) is 6.51. The highest BCUT2D eigenvalue weighted by atomic mass is 32.2. The van der Waals surface area contributed by atoms with Crippen molar-refractivity contribution >= 4 is 20.0 Å². The van der Waals surface area contributed by atoms with Gasteiger partial charge >= 0.3 is 8.25 Å². The van der Waals surface area contributed by atoms with Crippen molar-refractivity contribution in [1.82, 2.24) is 0 Å². The molecule has 1 aliphatic rings. The van der Waals surface area contributed by atoms with Crippen molar-refractivity contribution in [3.05, 3.63) is 0 Å². The number of rotatable bonds is 3. The SMILES string of the molecule is CCC1SCC(N)CC1O[P+](=O)O. The topological polar surface area (TPSA) is 72.5 Å². The Morgan fingerprint density at radius 2 is 2.46 bits per heavy atom. The summed E-state index contributed by atoms with van der Waals surface area (Å²) >= 11 is 1.73. The lowest BCUT2D eigenvalue weighted by Crippen LogP contribution is -2.40. The van der Waals surface area contributed by atoms with Crippen LogP contribution in [0.4, 0.5) is 0 Å². The van der Waals surface area contributed by atoms with Crippen molar-refractivity contribution in [2.75, 3.05) is 5.75 Å². The monoisotopic (exact) mass is 224 g/mol. The molecule has 0 aromatic heterocycles. The quantitative estimate of drug-likeness (QED) is 0.706. The van der Waals surface area contributed by atoms with Crippen LogP contribution in [0.5, 0.6) is 0 Å². The third-order valence-electron chi connectivity index (χ3n) is 2.10. The van der Waals surface area contributed by atoms with Crippen LogP contribution in [0.15, 0.2) is 0 Å². The van der Waals surface area contributed by atoms with Gasteiger partial charge in [0.1, 0.15) is 6.10 Å². The molecule has 1 heterocycles. The minimum Gasteiger partial charge on any atom is -0.327 e. The second-order valence-corrected chi connectivity index (χ2v) is 5.12. The summed E-state index contributed by atoms with van der Waals surface area (Å²) in [6, 6.07) is 0.0905. The third-order valence-corrected chi connectivity index (χ3v) is 4.24.